The highest BCUT2D eigenvalue weighted by molar-refractivity contribution is 4.77. The molecule has 0 heterocycles. The summed E-state index contributed by atoms with van der Waals surface area (Å²) in [6, 6.07) is 0. The molecule has 0 amide bonds. The van der Waals surface area contributed by atoms with E-state index < -0.39 is 0 Å². The molecule has 0 aliphatic heterocycles. The van der Waals surface area contributed by atoms with Gasteiger partial charge in [0.25, 0.3) is 0 Å². The van der Waals surface area contributed by atoms with Crippen LogP contribution in [0.5, 0.6) is 0 Å². The molecule has 0 fully saturated rings. The molecule has 0 spiro atoms. The maximum absolute atomic E-state index is 5.66. The number of hydrogen-bond acceptors (Lipinski definition) is 2. The third-order valence-electron chi connectivity index (χ3n) is 3.54. The van der Waals surface area contributed by atoms with Gasteiger partial charge in [-0.15, -0.1) is 0 Å². The van der Waals surface area contributed by atoms with Gasteiger partial charge in [-0.2, -0.15) is 0 Å². The van der Waals surface area contributed by atoms with Crippen LogP contribution in [0.4, 0.5) is 0 Å². The minimum atomic E-state index is 0.250. The Morgan fingerprint density at radius 1 is 0.765 bits per heavy atom. The van der Waals surface area contributed by atoms with Crippen molar-refractivity contribution < 1.29 is 9.47 Å². The van der Waals surface area contributed by atoms with Gasteiger partial charge < -0.3 is 9.47 Å². The van der Waals surface area contributed by atoms with Crippen LogP contribution in [-0.4, -0.2) is 26.4 Å². The molecule has 17 heavy (non-hydrogen) atoms. The van der Waals surface area contributed by atoms with Crippen LogP contribution in [0.15, 0.2) is 0 Å². The van der Waals surface area contributed by atoms with Crippen LogP contribution in [0.2, 0.25) is 0 Å². The molecule has 0 unspecified atom stereocenters. The van der Waals surface area contributed by atoms with Gasteiger partial charge in [0.2, 0.25) is 0 Å². The van der Waals surface area contributed by atoms with E-state index in [0.717, 1.165) is 32.8 Å². The summed E-state index contributed by atoms with van der Waals surface area (Å²) in [5, 5.41) is 0. The maximum atomic E-state index is 5.66. The summed E-state index contributed by atoms with van der Waals surface area (Å²) in [7, 11) is 0. The molecule has 2 nitrogen and oxygen atoms in total. The Labute approximate surface area is 108 Å². The molecule has 0 N–H and O–H groups in total. The normalized spacial score (nSPS) is 12.0. The molecule has 0 aliphatic rings. The SMILES string of the molecule is CCCCCCC(CC)(COCC)COCC. The molecule has 0 aromatic heterocycles. The highest BCUT2D eigenvalue weighted by atomic mass is 16.5. The fourth-order valence-corrected chi connectivity index (χ4v) is 2.13. The van der Waals surface area contributed by atoms with Crippen molar-refractivity contribution in [3.8, 4) is 0 Å². The van der Waals surface area contributed by atoms with Gasteiger partial charge in [0.05, 0.1) is 13.2 Å². The van der Waals surface area contributed by atoms with Crippen molar-refractivity contribution >= 4 is 0 Å². The zero-order chi connectivity index (χ0) is 13.0. The van der Waals surface area contributed by atoms with E-state index in [2.05, 4.69) is 27.7 Å². The Kier molecular flexibility index (Phi) is 11.0. The molecule has 0 radical (unpaired) electrons. The summed E-state index contributed by atoms with van der Waals surface area (Å²) in [5.74, 6) is 0. The van der Waals surface area contributed by atoms with Crippen molar-refractivity contribution in [3.05, 3.63) is 0 Å². The predicted molar refractivity (Wildman–Crippen MR) is 74.5 cm³/mol. The number of ether oxygens (including phenoxy) is 2. The van der Waals surface area contributed by atoms with Crippen molar-refractivity contribution in [2.45, 2.75) is 66.2 Å². The van der Waals surface area contributed by atoms with Crippen LogP contribution in [0, 0.1) is 5.41 Å². The van der Waals surface area contributed by atoms with Crippen molar-refractivity contribution in [2.24, 2.45) is 5.41 Å². The van der Waals surface area contributed by atoms with Gasteiger partial charge >= 0.3 is 0 Å². The minimum absolute atomic E-state index is 0.250. The zero-order valence-corrected chi connectivity index (χ0v) is 12.4. The first-order valence-electron chi connectivity index (χ1n) is 7.40. The van der Waals surface area contributed by atoms with Crippen LogP contribution < -0.4 is 0 Å². The van der Waals surface area contributed by atoms with E-state index in [0.29, 0.717) is 0 Å². The summed E-state index contributed by atoms with van der Waals surface area (Å²) in [6.45, 7) is 12.0. The summed E-state index contributed by atoms with van der Waals surface area (Å²) < 4.78 is 11.3. The molecule has 0 bridgehead atoms. The minimum Gasteiger partial charge on any atom is -0.381 e. The van der Waals surface area contributed by atoms with E-state index in [1.165, 1.54) is 32.1 Å². The van der Waals surface area contributed by atoms with E-state index >= 15 is 0 Å². The lowest BCUT2D eigenvalue weighted by atomic mass is 9.81. The van der Waals surface area contributed by atoms with E-state index in [9.17, 15) is 0 Å². The van der Waals surface area contributed by atoms with E-state index in [4.69, 9.17) is 9.47 Å². The van der Waals surface area contributed by atoms with Crippen LogP contribution in [0.1, 0.15) is 66.2 Å². The van der Waals surface area contributed by atoms with Crippen LogP contribution >= 0.6 is 0 Å². The maximum Gasteiger partial charge on any atom is 0.0544 e. The van der Waals surface area contributed by atoms with Crippen LogP contribution in [0.25, 0.3) is 0 Å². The van der Waals surface area contributed by atoms with Gasteiger partial charge in [-0.25, -0.2) is 0 Å². The van der Waals surface area contributed by atoms with Crippen molar-refractivity contribution in [1.82, 2.24) is 0 Å². The molecule has 0 aromatic carbocycles. The van der Waals surface area contributed by atoms with Gasteiger partial charge in [-0.3, -0.25) is 0 Å². The van der Waals surface area contributed by atoms with E-state index in [-0.39, 0.29) is 5.41 Å². The van der Waals surface area contributed by atoms with Crippen molar-refractivity contribution in [2.75, 3.05) is 26.4 Å². The topological polar surface area (TPSA) is 18.5 Å². The standard InChI is InChI=1S/C15H32O2/c1-5-9-10-11-12-15(6-2,13-16-7-3)14-17-8-4/h5-14H2,1-4H3. The lowest BCUT2D eigenvalue weighted by molar-refractivity contribution is -0.0251. The molecule has 0 aromatic rings. The summed E-state index contributed by atoms with van der Waals surface area (Å²) in [6.07, 6.45) is 7.69. The fourth-order valence-electron chi connectivity index (χ4n) is 2.13. The zero-order valence-electron chi connectivity index (χ0n) is 12.4. The second-order valence-electron chi connectivity index (χ2n) is 4.94. The second-order valence-corrected chi connectivity index (χ2v) is 4.94. The van der Waals surface area contributed by atoms with Crippen LogP contribution in [0.3, 0.4) is 0 Å². The summed E-state index contributed by atoms with van der Waals surface area (Å²) >= 11 is 0. The van der Waals surface area contributed by atoms with E-state index in [1.54, 1.807) is 0 Å². The van der Waals surface area contributed by atoms with Crippen molar-refractivity contribution in [3.63, 3.8) is 0 Å². The predicted octanol–water partition coefficient (Wildman–Crippen LogP) is 4.43. The first kappa shape index (κ1) is 16.9. The lowest BCUT2D eigenvalue weighted by Crippen LogP contribution is -2.32. The summed E-state index contributed by atoms with van der Waals surface area (Å²) in [4.78, 5) is 0. The van der Waals surface area contributed by atoms with Gasteiger partial charge in [0.15, 0.2) is 0 Å². The molecule has 0 aliphatic carbocycles. The smallest absolute Gasteiger partial charge is 0.0544 e. The quantitative estimate of drug-likeness (QED) is 0.473. The second kappa shape index (κ2) is 11.0. The largest absolute Gasteiger partial charge is 0.381 e. The average molecular weight is 244 g/mol. The Bertz CT molecular complexity index is 149. The highest BCUT2D eigenvalue weighted by Crippen LogP contribution is 2.30. The summed E-state index contributed by atoms with van der Waals surface area (Å²) in [5.41, 5.74) is 0.250. The van der Waals surface area contributed by atoms with Gasteiger partial charge in [0.1, 0.15) is 0 Å². The lowest BCUT2D eigenvalue weighted by Gasteiger charge is -2.32. The average Bonchev–Trinajstić information content (AvgIpc) is 2.37. The number of rotatable bonds is 12. The Hall–Kier alpha value is -0.0800. The first-order chi connectivity index (χ1) is 8.24. The molecular formula is C15H32O2. The van der Waals surface area contributed by atoms with Crippen LogP contribution in [-0.2, 0) is 9.47 Å². The monoisotopic (exact) mass is 244 g/mol. The molecule has 104 valence electrons. The Balaban J connectivity index is 4.12. The number of hydrogen-bond donors (Lipinski definition) is 0. The van der Waals surface area contributed by atoms with E-state index in [1.807, 2.05) is 0 Å². The van der Waals surface area contributed by atoms with Gasteiger partial charge in [-0.05, 0) is 26.7 Å². The molecule has 2 heteroatoms. The van der Waals surface area contributed by atoms with Crippen molar-refractivity contribution in [1.29, 1.82) is 0 Å². The molecule has 0 saturated carbocycles. The third kappa shape index (κ3) is 7.77. The number of unbranched alkanes of at least 4 members (excludes halogenated alkanes) is 3. The molecule has 0 saturated heterocycles. The molecular weight excluding hydrogens is 212 g/mol. The Morgan fingerprint density at radius 3 is 1.76 bits per heavy atom. The molecule has 0 atom stereocenters. The van der Waals surface area contributed by atoms with Gasteiger partial charge in [-0.1, -0.05) is 39.5 Å². The third-order valence-corrected chi connectivity index (χ3v) is 3.54. The highest BCUT2D eigenvalue weighted by Gasteiger charge is 2.28. The molecule has 0 rings (SSSR count). The van der Waals surface area contributed by atoms with Gasteiger partial charge in [0, 0.05) is 18.6 Å². The Morgan fingerprint density at radius 2 is 1.35 bits per heavy atom. The fraction of sp³-hybridized carbons (Fsp3) is 1.00. The first-order valence-corrected chi connectivity index (χ1v) is 7.40.